The van der Waals surface area contributed by atoms with Crippen LogP contribution in [0.5, 0.6) is 0 Å². The minimum absolute atomic E-state index is 0.753. The maximum atomic E-state index is 6.09. The van der Waals surface area contributed by atoms with E-state index in [-0.39, 0.29) is 0 Å². The zero-order chi connectivity index (χ0) is 19.3. The lowest BCUT2D eigenvalue weighted by Gasteiger charge is -2.26. The molecule has 1 saturated heterocycles. The molecule has 3 aromatic rings. The maximum Gasteiger partial charge on any atom is 0.190 e. The number of morpholine rings is 1. The summed E-state index contributed by atoms with van der Waals surface area (Å²) in [5.74, 6) is 0. The van der Waals surface area contributed by atoms with Gasteiger partial charge in [-0.1, -0.05) is 41.4 Å². The lowest BCUT2D eigenvalue weighted by atomic mass is 10.2. The average Bonchev–Trinajstić information content (AvgIpc) is 3.12. The van der Waals surface area contributed by atoms with Crippen LogP contribution < -0.4 is 4.80 Å². The van der Waals surface area contributed by atoms with Crippen LogP contribution in [-0.4, -0.2) is 42.3 Å². The van der Waals surface area contributed by atoms with Gasteiger partial charge in [-0.05, 0) is 36.8 Å². The topological polar surface area (TPSA) is 29.8 Å². The fourth-order valence-corrected chi connectivity index (χ4v) is 4.36. The molecule has 0 saturated carbocycles. The first-order chi connectivity index (χ1) is 13.7. The first kappa shape index (κ1) is 19.4. The summed E-state index contributed by atoms with van der Waals surface area (Å²) in [6.07, 6.45) is 0. The Morgan fingerprint density at radius 3 is 2.43 bits per heavy atom. The van der Waals surface area contributed by atoms with Gasteiger partial charge in [0, 0.05) is 36.6 Å². The molecule has 0 spiro atoms. The SMILES string of the molecule is Cc1ccc(N=c2scc(-c3ccc(Cl)cc3)n2CCN2CCOCC2)cc1. The molecular formula is C22H24ClN3OS. The standard InChI is InChI=1S/C22H24ClN3OS/c1-17-2-8-20(9-3-17)24-22-26(11-10-25-12-14-27-15-13-25)21(16-28-22)18-4-6-19(23)7-5-18/h2-9,16H,10-15H2,1H3. The van der Waals surface area contributed by atoms with Gasteiger partial charge < -0.3 is 9.30 Å². The fourth-order valence-electron chi connectivity index (χ4n) is 3.28. The van der Waals surface area contributed by atoms with Crippen LogP contribution in [0.25, 0.3) is 11.3 Å². The van der Waals surface area contributed by atoms with Crippen molar-refractivity contribution in [3.8, 4) is 11.3 Å². The number of aryl methyl sites for hydroxylation is 1. The molecule has 0 atom stereocenters. The van der Waals surface area contributed by atoms with Gasteiger partial charge in [-0.25, -0.2) is 4.99 Å². The number of halogens is 1. The number of benzene rings is 2. The second-order valence-corrected chi connectivity index (χ2v) is 8.24. The van der Waals surface area contributed by atoms with Crippen LogP contribution in [0, 0.1) is 6.92 Å². The predicted molar refractivity (Wildman–Crippen MR) is 116 cm³/mol. The predicted octanol–water partition coefficient (Wildman–Crippen LogP) is 4.74. The van der Waals surface area contributed by atoms with E-state index in [1.165, 1.54) is 11.3 Å². The highest BCUT2D eigenvalue weighted by Gasteiger charge is 2.13. The number of ether oxygens (including phenoxy) is 1. The van der Waals surface area contributed by atoms with Crippen LogP contribution in [0.4, 0.5) is 5.69 Å². The number of aromatic nitrogens is 1. The molecule has 28 heavy (non-hydrogen) atoms. The van der Waals surface area contributed by atoms with E-state index in [2.05, 4.69) is 58.2 Å². The molecule has 0 aliphatic carbocycles. The van der Waals surface area contributed by atoms with Crippen molar-refractivity contribution in [3.63, 3.8) is 0 Å². The Kier molecular flexibility index (Phi) is 6.27. The molecule has 0 N–H and O–H groups in total. The third-order valence-electron chi connectivity index (χ3n) is 4.94. The smallest absolute Gasteiger partial charge is 0.190 e. The lowest BCUT2D eigenvalue weighted by Crippen LogP contribution is -2.39. The van der Waals surface area contributed by atoms with Crippen molar-refractivity contribution in [2.24, 2.45) is 4.99 Å². The Morgan fingerprint density at radius 2 is 1.71 bits per heavy atom. The summed E-state index contributed by atoms with van der Waals surface area (Å²) in [6.45, 7) is 7.60. The van der Waals surface area contributed by atoms with E-state index in [0.717, 1.165) is 60.5 Å². The second kappa shape index (κ2) is 9.05. The number of nitrogens with zero attached hydrogens (tertiary/aromatic N) is 3. The lowest BCUT2D eigenvalue weighted by molar-refractivity contribution is 0.0363. The summed E-state index contributed by atoms with van der Waals surface area (Å²) in [6, 6.07) is 16.4. The zero-order valence-corrected chi connectivity index (χ0v) is 17.5. The molecule has 2 aromatic carbocycles. The van der Waals surface area contributed by atoms with Crippen LogP contribution in [0.3, 0.4) is 0 Å². The van der Waals surface area contributed by atoms with Crippen molar-refractivity contribution in [2.75, 3.05) is 32.8 Å². The Morgan fingerprint density at radius 1 is 1.00 bits per heavy atom. The normalized spacial score (nSPS) is 15.9. The van der Waals surface area contributed by atoms with Gasteiger partial charge in [-0.2, -0.15) is 0 Å². The van der Waals surface area contributed by atoms with Gasteiger partial charge in [0.15, 0.2) is 4.80 Å². The molecule has 4 rings (SSSR count). The van der Waals surface area contributed by atoms with E-state index in [0.29, 0.717) is 0 Å². The summed E-state index contributed by atoms with van der Waals surface area (Å²) in [5, 5.41) is 2.94. The van der Waals surface area contributed by atoms with Crippen molar-refractivity contribution in [3.05, 3.63) is 69.3 Å². The van der Waals surface area contributed by atoms with Crippen LogP contribution in [0.1, 0.15) is 5.56 Å². The van der Waals surface area contributed by atoms with Gasteiger partial charge in [0.1, 0.15) is 0 Å². The number of hydrogen-bond donors (Lipinski definition) is 0. The Balaban J connectivity index is 1.68. The summed E-state index contributed by atoms with van der Waals surface area (Å²) < 4.78 is 7.80. The molecule has 0 amide bonds. The quantitative estimate of drug-likeness (QED) is 0.604. The highest BCUT2D eigenvalue weighted by atomic mass is 35.5. The molecule has 0 radical (unpaired) electrons. The highest BCUT2D eigenvalue weighted by molar-refractivity contribution is 7.07. The summed E-state index contributed by atoms with van der Waals surface area (Å²) in [4.78, 5) is 8.39. The molecule has 0 unspecified atom stereocenters. The van der Waals surface area contributed by atoms with Crippen molar-refractivity contribution in [2.45, 2.75) is 13.5 Å². The molecule has 2 heterocycles. The third-order valence-corrected chi connectivity index (χ3v) is 6.06. The molecule has 146 valence electrons. The van der Waals surface area contributed by atoms with Gasteiger partial charge in [0.2, 0.25) is 0 Å². The van der Waals surface area contributed by atoms with Gasteiger partial charge in [-0.15, -0.1) is 11.3 Å². The first-order valence-corrected chi connectivity index (χ1v) is 10.8. The Labute approximate surface area is 174 Å². The summed E-state index contributed by atoms with van der Waals surface area (Å²) in [7, 11) is 0. The van der Waals surface area contributed by atoms with Crippen LogP contribution in [-0.2, 0) is 11.3 Å². The first-order valence-electron chi connectivity index (χ1n) is 9.55. The van der Waals surface area contributed by atoms with E-state index in [4.69, 9.17) is 21.3 Å². The van der Waals surface area contributed by atoms with Crippen molar-refractivity contribution in [1.29, 1.82) is 0 Å². The van der Waals surface area contributed by atoms with Crippen LogP contribution in [0.15, 0.2) is 58.9 Å². The molecule has 0 bridgehead atoms. The Bertz CT molecular complexity index is 970. The van der Waals surface area contributed by atoms with Crippen molar-refractivity contribution < 1.29 is 4.74 Å². The van der Waals surface area contributed by atoms with Gasteiger partial charge in [-0.3, -0.25) is 4.90 Å². The van der Waals surface area contributed by atoms with E-state index < -0.39 is 0 Å². The largest absolute Gasteiger partial charge is 0.379 e. The van der Waals surface area contributed by atoms with Gasteiger partial charge >= 0.3 is 0 Å². The van der Waals surface area contributed by atoms with Crippen LogP contribution in [0.2, 0.25) is 5.02 Å². The minimum atomic E-state index is 0.753. The molecule has 4 nitrogen and oxygen atoms in total. The molecule has 6 heteroatoms. The van der Waals surface area contributed by atoms with E-state index in [9.17, 15) is 0 Å². The van der Waals surface area contributed by atoms with Crippen molar-refractivity contribution >= 4 is 28.6 Å². The minimum Gasteiger partial charge on any atom is -0.379 e. The number of thiazole rings is 1. The molecule has 1 aliphatic rings. The van der Waals surface area contributed by atoms with Crippen LogP contribution >= 0.6 is 22.9 Å². The Hall–Kier alpha value is -1.92. The summed E-state index contributed by atoms with van der Waals surface area (Å²) >= 11 is 7.77. The zero-order valence-electron chi connectivity index (χ0n) is 16.0. The summed E-state index contributed by atoms with van der Waals surface area (Å²) in [5.41, 5.74) is 4.57. The number of hydrogen-bond acceptors (Lipinski definition) is 4. The van der Waals surface area contributed by atoms with E-state index in [1.807, 2.05) is 12.1 Å². The second-order valence-electron chi connectivity index (χ2n) is 6.96. The third kappa shape index (κ3) is 4.73. The number of rotatable bonds is 5. The van der Waals surface area contributed by atoms with Gasteiger partial charge in [0.05, 0.1) is 24.6 Å². The highest BCUT2D eigenvalue weighted by Crippen LogP contribution is 2.23. The molecule has 1 aromatic heterocycles. The average molecular weight is 414 g/mol. The van der Waals surface area contributed by atoms with Crippen molar-refractivity contribution in [1.82, 2.24) is 9.47 Å². The van der Waals surface area contributed by atoms with E-state index >= 15 is 0 Å². The molecule has 1 fully saturated rings. The van der Waals surface area contributed by atoms with E-state index in [1.54, 1.807) is 11.3 Å². The monoisotopic (exact) mass is 413 g/mol. The fraction of sp³-hybridized carbons (Fsp3) is 0.318. The molecular weight excluding hydrogens is 390 g/mol. The molecule has 1 aliphatic heterocycles. The van der Waals surface area contributed by atoms with Gasteiger partial charge in [0.25, 0.3) is 0 Å². The maximum absolute atomic E-state index is 6.09.